The number of nitrogens with zero attached hydrogens (tertiary/aromatic N) is 2. The van der Waals surface area contributed by atoms with Gasteiger partial charge in [0.25, 0.3) is 0 Å². The Labute approximate surface area is 128 Å². The van der Waals surface area contributed by atoms with Crippen molar-refractivity contribution in [3.05, 3.63) is 35.6 Å². The fraction of sp³-hybridized carbons (Fsp3) is 0.467. The predicted molar refractivity (Wildman–Crippen MR) is 78.5 cm³/mol. The van der Waals surface area contributed by atoms with Crippen molar-refractivity contribution in [2.75, 3.05) is 14.1 Å². The molecule has 3 rings (SSSR count). The molecule has 2 heterocycles. The van der Waals surface area contributed by atoms with Crippen LogP contribution in [0.2, 0.25) is 0 Å². The van der Waals surface area contributed by atoms with Crippen molar-refractivity contribution in [3.8, 4) is 0 Å². The molecule has 4 atom stereocenters. The summed E-state index contributed by atoms with van der Waals surface area (Å²) in [7, 11) is 3.37. The van der Waals surface area contributed by atoms with Gasteiger partial charge in [-0.3, -0.25) is 0 Å². The third-order valence-corrected chi connectivity index (χ3v) is 4.62. The second kappa shape index (κ2) is 5.15. The first-order valence-electron chi connectivity index (χ1n) is 7.22. The number of hydrogen-bond acceptors (Lipinski definition) is 2. The Hall–Kier alpha value is -2.31. The Morgan fingerprint density at radius 2 is 1.59 bits per heavy atom. The molecule has 0 aliphatic carbocycles. The summed E-state index contributed by atoms with van der Waals surface area (Å²) in [6.45, 7) is 1.92. The fourth-order valence-electron chi connectivity index (χ4n) is 3.41. The maximum atomic E-state index is 13.2. The Bertz CT molecular complexity index is 606. The Morgan fingerprint density at radius 3 is 2.23 bits per heavy atom. The Kier molecular flexibility index (Phi) is 3.42. The van der Waals surface area contributed by atoms with Gasteiger partial charge in [-0.2, -0.15) is 0 Å². The first-order valence-corrected chi connectivity index (χ1v) is 7.22. The summed E-state index contributed by atoms with van der Waals surface area (Å²) in [5.74, 6) is -0.360. The van der Waals surface area contributed by atoms with E-state index in [1.807, 2.05) is 6.92 Å². The van der Waals surface area contributed by atoms with Gasteiger partial charge in [0.15, 0.2) is 0 Å². The second-order valence-electron chi connectivity index (χ2n) is 5.93. The van der Waals surface area contributed by atoms with Crippen LogP contribution in [0.4, 0.5) is 14.0 Å². The molecule has 2 aliphatic rings. The fourth-order valence-corrected chi connectivity index (χ4v) is 3.41. The highest BCUT2D eigenvalue weighted by Crippen LogP contribution is 2.38. The molecule has 6 nitrogen and oxygen atoms in total. The van der Waals surface area contributed by atoms with Crippen LogP contribution in [0.3, 0.4) is 0 Å². The van der Waals surface area contributed by atoms with Gasteiger partial charge in [0.05, 0.1) is 6.04 Å². The van der Waals surface area contributed by atoms with Crippen LogP contribution in [-0.2, 0) is 0 Å². The molecule has 2 fully saturated rings. The Morgan fingerprint density at radius 1 is 1.00 bits per heavy atom. The number of benzene rings is 1. The average Bonchev–Trinajstić information content (AvgIpc) is 2.48. The molecule has 4 unspecified atom stereocenters. The van der Waals surface area contributed by atoms with Gasteiger partial charge < -0.3 is 20.4 Å². The van der Waals surface area contributed by atoms with Crippen molar-refractivity contribution in [1.82, 2.24) is 20.4 Å². The van der Waals surface area contributed by atoms with Crippen LogP contribution in [0.25, 0.3) is 0 Å². The van der Waals surface area contributed by atoms with Gasteiger partial charge in [0.1, 0.15) is 12.0 Å². The first kappa shape index (κ1) is 14.6. The number of halogens is 1. The van der Waals surface area contributed by atoms with Crippen molar-refractivity contribution in [3.63, 3.8) is 0 Å². The van der Waals surface area contributed by atoms with E-state index in [9.17, 15) is 14.0 Å². The minimum atomic E-state index is -0.387. The summed E-state index contributed by atoms with van der Waals surface area (Å²) in [6.07, 6.45) is -0.387. The van der Waals surface area contributed by atoms with Crippen LogP contribution >= 0.6 is 0 Å². The topological polar surface area (TPSA) is 64.7 Å². The second-order valence-corrected chi connectivity index (χ2v) is 5.93. The molecule has 2 saturated heterocycles. The molecule has 22 heavy (non-hydrogen) atoms. The van der Waals surface area contributed by atoms with Gasteiger partial charge in [-0.1, -0.05) is 12.1 Å². The number of urea groups is 2. The summed E-state index contributed by atoms with van der Waals surface area (Å²) >= 11 is 0. The van der Waals surface area contributed by atoms with E-state index >= 15 is 0 Å². The molecule has 1 aromatic rings. The van der Waals surface area contributed by atoms with E-state index < -0.39 is 0 Å². The normalized spacial score (nSPS) is 31.5. The van der Waals surface area contributed by atoms with Gasteiger partial charge in [0.2, 0.25) is 0 Å². The van der Waals surface area contributed by atoms with Crippen LogP contribution in [0, 0.1) is 11.7 Å². The lowest BCUT2D eigenvalue weighted by atomic mass is 9.81. The molecule has 0 aromatic heterocycles. The number of fused-ring (bicyclic) bond motifs is 1. The molecule has 118 valence electrons. The van der Waals surface area contributed by atoms with E-state index in [0.29, 0.717) is 0 Å². The zero-order chi connectivity index (χ0) is 16.0. The minimum absolute atomic E-state index is 0.0455. The van der Waals surface area contributed by atoms with Crippen molar-refractivity contribution < 1.29 is 14.0 Å². The standard InChI is InChI=1S/C15H19FN4O2/c1-8-11-12(9-4-6-10(16)7-5-9)19(2)15(22)18-13(11)20(3)14(21)17-8/h4-8,11-13H,1-3H3,(H,17,21)(H,18,22). The predicted octanol–water partition coefficient (Wildman–Crippen LogP) is 1.51. The zero-order valence-electron chi connectivity index (χ0n) is 12.7. The largest absolute Gasteiger partial charge is 0.335 e. The van der Waals surface area contributed by atoms with Crippen LogP contribution < -0.4 is 10.6 Å². The van der Waals surface area contributed by atoms with E-state index in [2.05, 4.69) is 10.6 Å². The molecule has 0 radical (unpaired) electrons. The molecule has 4 amide bonds. The maximum absolute atomic E-state index is 13.2. The van der Waals surface area contributed by atoms with Crippen molar-refractivity contribution >= 4 is 12.1 Å². The van der Waals surface area contributed by atoms with Gasteiger partial charge in [-0.15, -0.1) is 0 Å². The van der Waals surface area contributed by atoms with E-state index in [0.717, 1.165) is 5.56 Å². The van der Waals surface area contributed by atoms with Crippen LogP contribution in [0.1, 0.15) is 18.5 Å². The van der Waals surface area contributed by atoms with E-state index in [1.54, 1.807) is 31.1 Å². The highest BCUT2D eigenvalue weighted by atomic mass is 19.1. The summed E-state index contributed by atoms with van der Waals surface area (Å²) in [5.41, 5.74) is 0.852. The van der Waals surface area contributed by atoms with Crippen LogP contribution in [0.15, 0.2) is 24.3 Å². The summed E-state index contributed by atoms with van der Waals surface area (Å²) in [5, 5.41) is 5.78. The molecule has 1 aromatic carbocycles. The number of carbonyl (C=O) groups excluding carboxylic acids is 2. The molecule has 2 aliphatic heterocycles. The number of amides is 4. The van der Waals surface area contributed by atoms with Crippen LogP contribution in [-0.4, -0.2) is 48.2 Å². The van der Waals surface area contributed by atoms with E-state index in [4.69, 9.17) is 0 Å². The lowest BCUT2D eigenvalue weighted by Gasteiger charge is -2.52. The lowest BCUT2D eigenvalue weighted by Crippen LogP contribution is -2.71. The molecule has 0 spiro atoms. The maximum Gasteiger partial charge on any atom is 0.319 e. The highest BCUT2D eigenvalue weighted by Gasteiger charge is 2.49. The van der Waals surface area contributed by atoms with Crippen LogP contribution in [0.5, 0.6) is 0 Å². The summed E-state index contributed by atoms with van der Waals surface area (Å²) in [6, 6.07) is 5.34. The smallest absolute Gasteiger partial charge is 0.319 e. The van der Waals surface area contributed by atoms with Crippen molar-refractivity contribution in [2.45, 2.75) is 25.2 Å². The van der Waals surface area contributed by atoms with Crippen molar-refractivity contribution in [2.24, 2.45) is 5.92 Å². The monoisotopic (exact) mass is 306 g/mol. The molecule has 7 heteroatoms. The lowest BCUT2D eigenvalue weighted by molar-refractivity contribution is 0.0248. The zero-order valence-corrected chi connectivity index (χ0v) is 12.7. The van der Waals surface area contributed by atoms with Gasteiger partial charge in [0, 0.05) is 26.1 Å². The SMILES string of the molecule is CC1NC(=O)N(C)C2NC(=O)N(C)C(c3ccc(F)cc3)C12. The molecular weight excluding hydrogens is 287 g/mol. The third-order valence-electron chi connectivity index (χ3n) is 4.62. The van der Waals surface area contributed by atoms with Gasteiger partial charge in [-0.25, -0.2) is 14.0 Å². The number of carbonyl (C=O) groups is 2. The summed E-state index contributed by atoms with van der Waals surface area (Å²) < 4.78 is 13.2. The number of hydrogen-bond donors (Lipinski definition) is 2. The molecule has 0 saturated carbocycles. The Balaban J connectivity index is 2.03. The minimum Gasteiger partial charge on any atom is -0.335 e. The molecule has 0 bridgehead atoms. The first-order chi connectivity index (χ1) is 10.4. The van der Waals surface area contributed by atoms with Gasteiger partial charge in [-0.05, 0) is 24.6 Å². The highest BCUT2D eigenvalue weighted by molar-refractivity contribution is 5.80. The summed E-state index contributed by atoms with van der Waals surface area (Å²) in [4.78, 5) is 27.3. The third kappa shape index (κ3) is 2.17. The van der Waals surface area contributed by atoms with Crippen molar-refractivity contribution in [1.29, 1.82) is 0 Å². The molecule has 2 N–H and O–H groups in total. The number of rotatable bonds is 1. The number of nitrogens with one attached hydrogen (secondary N) is 2. The molecular formula is C15H19FN4O2. The van der Waals surface area contributed by atoms with E-state index in [-0.39, 0.29) is 42.0 Å². The quantitative estimate of drug-likeness (QED) is 0.826. The average molecular weight is 306 g/mol. The van der Waals surface area contributed by atoms with Gasteiger partial charge >= 0.3 is 12.1 Å². The van der Waals surface area contributed by atoms with E-state index in [1.165, 1.54) is 17.0 Å².